The van der Waals surface area contributed by atoms with Crippen LogP contribution in [-0.2, 0) is 4.74 Å². The third-order valence-electron chi connectivity index (χ3n) is 4.56. The van der Waals surface area contributed by atoms with E-state index in [0.717, 1.165) is 29.8 Å². The highest BCUT2D eigenvalue weighted by Gasteiger charge is 2.23. The fraction of sp³-hybridized carbons (Fsp3) is 0.588. The van der Waals surface area contributed by atoms with Gasteiger partial charge >= 0.3 is 6.09 Å². The summed E-state index contributed by atoms with van der Waals surface area (Å²) in [4.78, 5) is 13.3. The zero-order chi connectivity index (χ0) is 14.7. The molecular weight excluding hydrogens is 264 g/mol. The van der Waals surface area contributed by atoms with Crippen molar-refractivity contribution in [2.45, 2.75) is 32.6 Å². The van der Waals surface area contributed by atoms with Gasteiger partial charge in [-0.25, -0.2) is 4.79 Å². The quantitative estimate of drug-likeness (QED) is 0.914. The number of anilines is 2. The summed E-state index contributed by atoms with van der Waals surface area (Å²) in [6, 6.07) is 8.06. The fourth-order valence-corrected chi connectivity index (χ4v) is 3.42. The molecular formula is C17H24N2O2. The Kier molecular flexibility index (Phi) is 4.32. The number of nitrogens with zero attached hydrogens (tertiary/aromatic N) is 1. The molecule has 4 heteroatoms. The van der Waals surface area contributed by atoms with Crippen LogP contribution in [0.1, 0.15) is 32.6 Å². The molecule has 1 N–H and O–H groups in total. The number of amides is 1. The largest absolute Gasteiger partial charge is 0.447 e. The molecule has 114 valence electrons. The van der Waals surface area contributed by atoms with Gasteiger partial charge in [-0.1, -0.05) is 25.8 Å². The summed E-state index contributed by atoms with van der Waals surface area (Å²) in [5, 5.41) is 3.53. The van der Waals surface area contributed by atoms with Crippen molar-refractivity contribution in [2.24, 2.45) is 11.8 Å². The SMILES string of the molecule is CC1CCCC(CNc2cccc(N3CCOC3=O)c2)C1. The smallest absolute Gasteiger partial charge is 0.414 e. The van der Waals surface area contributed by atoms with E-state index in [1.807, 2.05) is 18.2 Å². The molecule has 1 aliphatic carbocycles. The predicted octanol–water partition coefficient (Wildman–Crippen LogP) is 3.88. The number of hydrogen-bond donors (Lipinski definition) is 1. The predicted molar refractivity (Wildman–Crippen MR) is 84.7 cm³/mol. The first kappa shape index (κ1) is 14.2. The molecule has 0 aromatic heterocycles. The van der Waals surface area contributed by atoms with Crippen molar-refractivity contribution >= 4 is 17.5 Å². The molecule has 4 nitrogen and oxygen atoms in total. The van der Waals surface area contributed by atoms with Crippen LogP contribution in [0.5, 0.6) is 0 Å². The Labute approximate surface area is 126 Å². The van der Waals surface area contributed by atoms with Crippen molar-refractivity contribution < 1.29 is 9.53 Å². The van der Waals surface area contributed by atoms with E-state index >= 15 is 0 Å². The van der Waals surface area contributed by atoms with Gasteiger partial charge < -0.3 is 10.1 Å². The first-order chi connectivity index (χ1) is 10.2. The van der Waals surface area contributed by atoms with E-state index in [-0.39, 0.29) is 6.09 Å². The summed E-state index contributed by atoms with van der Waals surface area (Å²) in [5.41, 5.74) is 2.00. The maximum Gasteiger partial charge on any atom is 0.414 e. The number of benzene rings is 1. The average Bonchev–Trinajstić information content (AvgIpc) is 2.92. The van der Waals surface area contributed by atoms with Gasteiger partial charge in [0, 0.05) is 17.9 Å². The Morgan fingerprint density at radius 1 is 1.38 bits per heavy atom. The Balaban J connectivity index is 1.59. The lowest BCUT2D eigenvalue weighted by molar-refractivity contribution is 0.181. The van der Waals surface area contributed by atoms with Crippen LogP contribution in [-0.4, -0.2) is 25.8 Å². The van der Waals surface area contributed by atoms with Crippen LogP contribution in [0.15, 0.2) is 24.3 Å². The molecule has 1 aromatic carbocycles. The summed E-state index contributed by atoms with van der Waals surface area (Å²) in [6.07, 6.45) is 5.14. The second-order valence-corrected chi connectivity index (χ2v) is 6.34. The fourth-order valence-electron chi connectivity index (χ4n) is 3.42. The summed E-state index contributed by atoms with van der Waals surface area (Å²) in [6.45, 7) is 4.50. The van der Waals surface area contributed by atoms with E-state index in [2.05, 4.69) is 18.3 Å². The van der Waals surface area contributed by atoms with Crippen LogP contribution < -0.4 is 10.2 Å². The number of ether oxygens (including phenoxy) is 1. The van der Waals surface area contributed by atoms with Gasteiger partial charge in [-0.3, -0.25) is 4.90 Å². The van der Waals surface area contributed by atoms with Crippen LogP contribution in [0.25, 0.3) is 0 Å². The van der Waals surface area contributed by atoms with Crippen LogP contribution in [0.2, 0.25) is 0 Å². The van der Waals surface area contributed by atoms with Gasteiger partial charge in [-0.05, 0) is 42.9 Å². The lowest BCUT2D eigenvalue weighted by Crippen LogP contribution is -2.23. The number of carbonyl (C=O) groups is 1. The Hall–Kier alpha value is -1.71. The Bertz CT molecular complexity index is 503. The topological polar surface area (TPSA) is 41.6 Å². The van der Waals surface area contributed by atoms with E-state index in [0.29, 0.717) is 13.2 Å². The van der Waals surface area contributed by atoms with Crippen LogP contribution in [0.4, 0.5) is 16.2 Å². The third-order valence-corrected chi connectivity index (χ3v) is 4.56. The van der Waals surface area contributed by atoms with Crippen molar-refractivity contribution in [3.63, 3.8) is 0 Å². The van der Waals surface area contributed by atoms with E-state index < -0.39 is 0 Å². The minimum absolute atomic E-state index is 0.242. The zero-order valence-corrected chi connectivity index (χ0v) is 12.7. The molecule has 1 heterocycles. The molecule has 2 atom stereocenters. The molecule has 21 heavy (non-hydrogen) atoms. The first-order valence-electron chi connectivity index (χ1n) is 8.00. The minimum atomic E-state index is -0.242. The molecule has 0 bridgehead atoms. The molecule has 0 spiro atoms. The molecule has 2 unspecified atom stereocenters. The maximum absolute atomic E-state index is 11.6. The molecule has 1 amide bonds. The highest BCUT2D eigenvalue weighted by atomic mass is 16.6. The van der Waals surface area contributed by atoms with Gasteiger partial charge in [-0.15, -0.1) is 0 Å². The van der Waals surface area contributed by atoms with Crippen molar-refractivity contribution in [2.75, 3.05) is 29.9 Å². The Morgan fingerprint density at radius 2 is 2.29 bits per heavy atom. The highest BCUT2D eigenvalue weighted by molar-refractivity contribution is 5.89. The minimum Gasteiger partial charge on any atom is -0.447 e. The van der Waals surface area contributed by atoms with Crippen molar-refractivity contribution in [3.8, 4) is 0 Å². The van der Waals surface area contributed by atoms with E-state index in [1.165, 1.54) is 25.7 Å². The number of carbonyl (C=O) groups excluding carboxylic acids is 1. The average molecular weight is 288 g/mol. The number of rotatable bonds is 4. The van der Waals surface area contributed by atoms with Crippen LogP contribution >= 0.6 is 0 Å². The van der Waals surface area contributed by atoms with E-state index in [4.69, 9.17) is 4.74 Å². The van der Waals surface area contributed by atoms with Gasteiger partial charge in [-0.2, -0.15) is 0 Å². The second kappa shape index (κ2) is 6.37. The van der Waals surface area contributed by atoms with Gasteiger partial charge in [0.25, 0.3) is 0 Å². The lowest BCUT2D eigenvalue weighted by Gasteiger charge is -2.27. The number of nitrogens with one attached hydrogen (secondary N) is 1. The molecule has 2 aliphatic rings. The van der Waals surface area contributed by atoms with Crippen molar-refractivity contribution in [3.05, 3.63) is 24.3 Å². The normalized spacial score (nSPS) is 25.8. The van der Waals surface area contributed by atoms with Gasteiger partial charge in [0.05, 0.1) is 6.54 Å². The van der Waals surface area contributed by atoms with Gasteiger partial charge in [0.15, 0.2) is 0 Å². The lowest BCUT2D eigenvalue weighted by atomic mass is 9.82. The Morgan fingerprint density at radius 3 is 3.05 bits per heavy atom. The third kappa shape index (κ3) is 3.49. The van der Waals surface area contributed by atoms with Crippen molar-refractivity contribution in [1.29, 1.82) is 0 Å². The van der Waals surface area contributed by atoms with Crippen LogP contribution in [0.3, 0.4) is 0 Å². The maximum atomic E-state index is 11.6. The standard InChI is InChI=1S/C17H24N2O2/c1-13-4-2-5-14(10-13)12-18-15-6-3-7-16(11-15)19-8-9-21-17(19)20/h3,6-7,11,13-14,18H,2,4-5,8-10,12H2,1H3. The van der Waals surface area contributed by atoms with Gasteiger partial charge in [0.2, 0.25) is 0 Å². The molecule has 1 saturated carbocycles. The first-order valence-corrected chi connectivity index (χ1v) is 8.00. The molecule has 0 radical (unpaired) electrons. The molecule has 1 aromatic rings. The van der Waals surface area contributed by atoms with E-state index in [1.54, 1.807) is 4.90 Å². The second-order valence-electron chi connectivity index (χ2n) is 6.34. The summed E-state index contributed by atoms with van der Waals surface area (Å²) < 4.78 is 4.99. The van der Waals surface area contributed by atoms with Crippen molar-refractivity contribution in [1.82, 2.24) is 0 Å². The molecule has 1 aliphatic heterocycles. The van der Waals surface area contributed by atoms with Crippen LogP contribution in [0, 0.1) is 11.8 Å². The summed E-state index contributed by atoms with van der Waals surface area (Å²) in [5.74, 6) is 1.63. The molecule has 2 fully saturated rings. The highest BCUT2D eigenvalue weighted by Crippen LogP contribution is 2.29. The monoisotopic (exact) mass is 288 g/mol. The number of cyclic esters (lactones) is 1. The zero-order valence-electron chi connectivity index (χ0n) is 12.7. The number of hydrogen-bond acceptors (Lipinski definition) is 3. The summed E-state index contributed by atoms with van der Waals surface area (Å²) >= 11 is 0. The molecule has 3 rings (SSSR count). The molecule has 1 saturated heterocycles. The van der Waals surface area contributed by atoms with Gasteiger partial charge in [0.1, 0.15) is 6.61 Å². The van der Waals surface area contributed by atoms with E-state index in [9.17, 15) is 4.79 Å². The summed E-state index contributed by atoms with van der Waals surface area (Å²) in [7, 11) is 0.